The van der Waals surface area contributed by atoms with Crippen molar-refractivity contribution in [3.63, 3.8) is 0 Å². The molecule has 0 spiro atoms. The number of piperidine rings is 1. The van der Waals surface area contributed by atoms with Crippen LogP contribution in [0.2, 0.25) is 0 Å². The lowest BCUT2D eigenvalue weighted by molar-refractivity contribution is 0.131. The maximum Gasteiger partial charge on any atom is 0.0293 e. The van der Waals surface area contributed by atoms with Gasteiger partial charge in [0.2, 0.25) is 0 Å². The molecule has 3 atom stereocenters. The molecule has 2 fully saturated rings. The predicted molar refractivity (Wildman–Crippen MR) is 78.0 cm³/mol. The van der Waals surface area contributed by atoms with Gasteiger partial charge in [0.05, 0.1) is 0 Å². The zero-order chi connectivity index (χ0) is 13.2. The molecule has 1 N–H and O–H groups in total. The van der Waals surface area contributed by atoms with Crippen molar-refractivity contribution in [2.24, 2.45) is 5.92 Å². The highest BCUT2D eigenvalue weighted by atomic mass is 15.2. The van der Waals surface area contributed by atoms with Crippen molar-refractivity contribution in [1.29, 1.82) is 0 Å². The van der Waals surface area contributed by atoms with E-state index in [4.69, 9.17) is 0 Å². The van der Waals surface area contributed by atoms with Gasteiger partial charge in [0.15, 0.2) is 0 Å². The summed E-state index contributed by atoms with van der Waals surface area (Å²) in [5.74, 6) is 0.859. The Kier molecular flexibility index (Phi) is 3.85. The lowest BCUT2D eigenvalue weighted by atomic mass is 9.91. The van der Waals surface area contributed by atoms with Gasteiger partial charge in [-0.1, -0.05) is 0 Å². The number of fused-ring (bicyclic) bond motifs is 2. The van der Waals surface area contributed by atoms with Crippen molar-refractivity contribution >= 4 is 0 Å². The highest BCUT2D eigenvalue weighted by Gasteiger charge is 2.38. The van der Waals surface area contributed by atoms with E-state index >= 15 is 0 Å². The van der Waals surface area contributed by atoms with Crippen LogP contribution in [-0.2, 0) is 0 Å². The second-order valence-corrected chi connectivity index (χ2v) is 6.30. The molecule has 0 saturated carbocycles. The van der Waals surface area contributed by atoms with Gasteiger partial charge in [0.25, 0.3) is 0 Å². The minimum Gasteiger partial charge on any atom is -0.310 e. The summed E-state index contributed by atoms with van der Waals surface area (Å²) in [5, 5.41) is 3.71. The summed E-state index contributed by atoms with van der Waals surface area (Å²) >= 11 is 0. The van der Waals surface area contributed by atoms with E-state index in [9.17, 15) is 0 Å². The average molecular weight is 259 g/mol. The van der Waals surface area contributed by atoms with E-state index in [1.165, 1.54) is 31.2 Å². The first-order chi connectivity index (χ1) is 9.24. The Balaban J connectivity index is 1.51. The van der Waals surface area contributed by atoms with Gasteiger partial charge in [-0.25, -0.2) is 0 Å². The number of hydrogen-bond donors (Lipinski definition) is 1. The predicted octanol–water partition coefficient (Wildman–Crippen LogP) is 2.61. The average Bonchev–Trinajstić information content (AvgIpc) is 2.68. The molecular weight excluding hydrogens is 234 g/mol. The smallest absolute Gasteiger partial charge is 0.0293 e. The highest BCUT2D eigenvalue weighted by Crippen LogP contribution is 2.37. The molecule has 3 rings (SSSR count). The summed E-state index contributed by atoms with van der Waals surface area (Å²) in [6, 6.07) is 6.34. The van der Waals surface area contributed by atoms with Crippen LogP contribution in [0.25, 0.3) is 0 Å². The second-order valence-electron chi connectivity index (χ2n) is 6.30. The van der Waals surface area contributed by atoms with Gasteiger partial charge in [-0.3, -0.25) is 4.98 Å². The van der Waals surface area contributed by atoms with Gasteiger partial charge in [0, 0.05) is 30.5 Å². The molecule has 3 heteroatoms. The van der Waals surface area contributed by atoms with Crippen LogP contribution < -0.4 is 5.32 Å². The second kappa shape index (κ2) is 5.59. The number of pyridine rings is 1. The molecule has 3 heterocycles. The Morgan fingerprint density at radius 2 is 1.89 bits per heavy atom. The molecule has 3 nitrogen and oxygen atoms in total. The van der Waals surface area contributed by atoms with Gasteiger partial charge in [-0.2, -0.15) is 0 Å². The van der Waals surface area contributed by atoms with Gasteiger partial charge in [-0.05, 0) is 69.8 Å². The van der Waals surface area contributed by atoms with Crippen molar-refractivity contribution < 1.29 is 0 Å². The van der Waals surface area contributed by atoms with Crippen LogP contribution in [-0.4, -0.2) is 35.6 Å². The number of hydrogen-bond acceptors (Lipinski definition) is 3. The molecule has 2 saturated heterocycles. The summed E-state index contributed by atoms with van der Waals surface area (Å²) < 4.78 is 0. The van der Waals surface area contributed by atoms with E-state index in [0.29, 0.717) is 6.04 Å². The minimum absolute atomic E-state index is 0.431. The maximum atomic E-state index is 4.08. The van der Waals surface area contributed by atoms with Gasteiger partial charge in [-0.15, -0.1) is 0 Å². The number of nitrogens with zero attached hydrogens (tertiary/aromatic N) is 2. The molecule has 2 aliphatic rings. The summed E-state index contributed by atoms with van der Waals surface area (Å²) in [4.78, 5) is 6.69. The molecule has 1 aromatic rings. The molecule has 2 aliphatic heterocycles. The topological polar surface area (TPSA) is 28.2 Å². The van der Waals surface area contributed by atoms with Crippen molar-refractivity contribution in [1.82, 2.24) is 15.2 Å². The fourth-order valence-electron chi connectivity index (χ4n) is 3.80. The van der Waals surface area contributed by atoms with Crippen LogP contribution in [0.5, 0.6) is 0 Å². The fraction of sp³-hybridized carbons (Fsp3) is 0.688. The first-order valence-electron chi connectivity index (χ1n) is 7.59. The molecule has 0 radical (unpaired) electrons. The number of aromatic nitrogens is 1. The normalized spacial score (nSPS) is 32.4. The molecule has 0 aromatic carbocycles. The van der Waals surface area contributed by atoms with E-state index in [1.54, 1.807) is 0 Å². The first-order valence-corrected chi connectivity index (χ1v) is 7.59. The first kappa shape index (κ1) is 13.1. The molecular formula is C16H25N3. The lowest BCUT2D eigenvalue weighted by Crippen LogP contribution is -2.42. The molecule has 104 valence electrons. The molecule has 2 bridgehead atoms. The van der Waals surface area contributed by atoms with Gasteiger partial charge < -0.3 is 10.2 Å². The molecule has 0 aliphatic carbocycles. The van der Waals surface area contributed by atoms with Crippen LogP contribution in [0.15, 0.2) is 24.5 Å². The van der Waals surface area contributed by atoms with E-state index in [0.717, 1.165) is 24.5 Å². The molecule has 3 unspecified atom stereocenters. The standard InChI is InChI=1S/C16H25N3/c1-12(14-5-7-17-8-6-14)18-11-13-9-15-3-4-16(10-13)19(15)2/h5-8,12-13,15-16,18H,3-4,9-11H2,1-2H3. The van der Waals surface area contributed by atoms with Crippen LogP contribution in [0, 0.1) is 5.92 Å². The van der Waals surface area contributed by atoms with Crippen LogP contribution in [0.4, 0.5) is 0 Å². The molecule has 0 amide bonds. The van der Waals surface area contributed by atoms with Gasteiger partial charge >= 0.3 is 0 Å². The SMILES string of the molecule is CC(NCC1CC2CCC(C1)N2C)c1ccncc1. The third kappa shape index (κ3) is 2.82. The third-order valence-corrected chi connectivity index (χ3v) is 5.11. The van der Waals surface area contributed by atoms with Crippen molar-refractivity contribution in [2.45, 2.75) is 50.7 Å². The Hall–Kier alpha value is -0.930. The maximum absolute atomic E-state index is 4.08. The summed E-state index contributed by atoms with van der Waals surface area (Å²) in [7, 11) is 2.31. The fourth-order valence-corrected chi connectivity index (χ4v) is 3.80. The summed E-state index contributed by atoms with van der Waals surface area (Å²) in [6.07, 6.45) is 9.34. The van der Waals surface area contributed by atoms with Crippen molar-refractivity contribution in [3.05, 3.63) is 30.1 Å². The van der Waals surface area contributed by atoms with Crippen LogP contribution in [0.3, 0.4) is 0 Å². The summed E-state index contributed by atoms with van der Waals surface area (Å²) in [5.41, 5.74) is 1.34. The van der Waals surface area contributed by atoms with E-state index in [1.807, 2.05) is 12.4 Å². The molecule has 19 heavy (non-hydrogen) atoms. The number of rotatable bonds is 4. The largest absolute Gasteiger partial charge is 0.310 e. The quantitative estimate of drug-likeness (QED) is 0.901. The summed E-state index contributed by atoms with van der Waals surface area (Å²) in [6.45, 7) is 3.41. The van der Waals surface area contributed by atoms with Crippen molar-refractivity contribution in [2.75, 3.05) is 13.6 Å². The Morgan fingerprint density at radius 1 is 1.26 bits per heavy atom. The van der Waals surface area contributed by atoms with Crippen LogP contribution in [0.1, 0.15) is 44.2 Å². The molecule has 1 aromatic heterocycles. The van der Waals surface area contributed by atoms with E-state index < -0.39 is 0 Å². The minimum atomic E-state index is 0.431. The lowest BCUT2D eigenvalue weighted by Gasteiger charge is -2.36. The third-order valence-electron chi connectivity index (χ3n) is 5.11. The van der Waals surface area contributed by atoms with Crippen LogP contribution >= 0.6 is 0 Å². The highest BCUT2D eigenvalue weighted by molar-refractivity contribution is 5.13. The number of nitrogens with one attached hydrogen (secondary N) is 1. The van der Waals surface area contributed by atoms with Gasteiger partial charge in [0.1, 0.15) is 0 Å². The monoisotopic (exact) mass is 259 g/mol. The van der Waals surface area contributed by atoms with E-state index in [-0.39, 0.29) is 0 Å². The zero-order valence-corrected chi connectivity index (χ0v) is 12.0. The Bertz CT molecular complexity index is 392. The Labute approximate surface area is 116 Å². The Morgan fingerprint density at radius 3 is 2.53 bits per heavy atom. The zero-order valence-electron chi connectivity index (χ0n) is 12.0. The van der Waals surface area contributed by atoms with E-state index in [2.05, 4.69) is 41.3 Å². The van der Waals surface area contributed by atoms with Crippen molar-refractivity contribution in [3.8, 4) is 0 Å².